The molecule has 0 atom stereocenters. The summed E-state index contributed by atoms with van der Waals surface area (Å²) in [7, 11) is 1.54. The summed E-state index contributed by atoms with van der Waals surface area (Å²) in [6.45, 7) is 4.39. The summed E-state index contributed by atoms with van der Waals surface area (Å²) in [5.74, 6) is -0.471. The van der Waals surface area contributed by atoms with Gasteiger partial charge in [-0.2, -0.15) is 0 Å². The first kappa shape index (κ1) is 23.8. The maximum absolute atomic E-state index is 14.0. The van der Waals surface area contributed by atoms with Crippen molar-refractivity contribution in [3.8, 4) is 11.5 Å². The molecule has 33 heavy (non-hydrogen) atoms. The molecule has 0 unspecified atom stereocenters. The molecule has 0 radical (unpaired) electrons. The van der Waals surface area contributed by atoms with Crippen molar-refractivity contribution in [3.63, 3.8) is 0 Å². The smallest absolute Gasteiger partial charge is 0.258 e. The summed E-state index contributed by atoms with van der Waals surface area (Å²) in [6, 6.07) is 15.9. The number of aryl methyl sites for hydroxylation is 1. The van der Waals surface area contributed by atoms with Crippen LogP contribution in [0.4, 0.5) is 15.8 Å². The highest BCUT2D eigenvalue weighted by Crippen LogP contribution is 2.30. The van der Waals surface area contributed by atoms with Crippen LogP contribution in [0, 0.1) is 12.7 Å². The fourth-order valence-electron chi connectivity index (χ4n) is 3.11. The van der Waals surface area contributed by atoms with Crippen molar-refractivity contribution in [1.29, 1.82) is 0 Å². The molecule has 0 saturated carbocycles. The molecule has 6 nitrogen and oxygen atoms in total. The number of carbonyl (C=O) groups is 2. The molecule has 7 heteroatoms. The lowest BCUT2D eigenvalue weighted by Crippen LogP contribution is -2.17. The van der Waals surface area contributed by atoms with E-state index in [1.54, 1.807) is 56.5 Å². The van der Waals surface area contributed by atoms with E-state index in [1.165, 1.54) is 18.2 Å². The highest BCUT2D eigenvalue weighted by atomic mass is 19.1. The van der Waals surface area contributed by atoms with Crippen molar-refractivity contribution in [2.45, 2.75) is 26.7 Å². The molecule has 0 aliphatic carbocycles. The molecule has 2 amide bonds. The van der Waals surface area contributed by atoms with Crippen molar-refractivity contribution < 1.29 is 23.5 Å². The third-order valence-electron chi connectivity index (χ3n) is 5.06. The SMILES string of the molecule is CCCCOc1ccc(OC)cc1NC(=O)c1ccc(C)c(NC(=O)c2ccccc2F)c1. The standard InChI is InChI=1S/C26H27FN2O4/c1-4-5-14-33-24-13-12-19(32-3)16-23(24)29-25(30)18-11-10-17(2)22(15-18)28-26(31)20-8-6-7-9-21(20)27/h6-13,15-16H,4-5,14H2,1-3H3,(H,28,31)(H,29,30). The number of unbranched alkanes of at least 4 members (excludes halogenated alkanes) is 1. The van der Waals surface area contributed by atoms with Gasteiger partial charge in [0.15, 0.2) is 0 Å². The summed E-state index contributed by atoms with van der Waals surface area (Å²) in [5, 5.41) is 5.54. The van der Waals surface area contributed by atoms with Crippen molar-refractivity contribution in [2.24, 2.45) is 0 Å². The van der Waals surface area contributed by atoms with Crippen LogP contribution in [-0.2, 0) is 0 Å². The van der Waals surface area contributed by atoms with Gasteiger partial charge in [-0.3, -0.25) is 9.59 Å². The maximum atomic E-state index is 14.0. The van der Waals surface area contributed by atoms with Crippen LogP contribution in [0.1, 0.15) is 46.0 Å². The van der Waals surface area contributed by atoms with Gasteiger partial charge >= 0.3 is 0 Å². The van der Waals surface area contributed by atoms with Gasteiger partial charge in [0.25, 0.3) is 11.8 Å². The topological polar surface area (TPSA) is 76.7 Å². The Labute approximate surface area is 192 Å². The van der Waals surface area contributed by atoms with E-state index < -0.39 is 11.7 Å². The molecule has 3 rings (SSSR count). The average molecular weight is 451 g/mol. The normalized spacial score (nSPS) is 10.4. The van der Waals surface area contributed by atoms with E-state index in [0.717, 1.165) is 18.4 Å². The number of nitrogens with one attached hydrogen (secondary N) is 2. The van der Waals surface area contributed by atoms with Crippen LogP contribution in [0.5, 0.6) is 11.5 Å². The van der Waals surface area contributed by atoms with E-state index in [2.05, 4.69) is 17.6 Å². The Morgan fingerprint density at radius 2 is 1.70 bits per heavy atom. The van der Waals surface area contributed by atoms with Gasteiger partial charge in [-0.25, -0.2) is 4.39 Å². The Morgan fingerprint density at radius 3 is 2.42 bits per heavy atom. The zero-order valence-corrected chi connectivity index (χ0v) is 18.9. The first-order valence-corrected chi connectivity index (χ1v) is 10.7. The molecular weight excluding hydrogens is 423 g/mol. The van der Waals surface area contributed by atoms with Gasteiger partial charge in [-0.05, 0) is 55.3 Å². The Bertz CT molecular complexity index is 1150. The quantitative estimate of drug-likeness (QED) is 0.403. The summed E-state index contributed by atoms with van der Waals surface area (Å²) >= 11 is 0. The summed E-state index contributed by atoms with van der Waals surface area (Å²) in [6.07, 6.45) is 1.88. The second kappa shape index (κ2) is 11.1. The summed E-state index contributed by atoms with van der Waals surface area (Å²) < 4.78 is 25.0. The van der Waals surface area contributed by atoms with Crippen LogP contribution in [-0.4, -0.2) is 25.5 Å². The van der Waals surface area contributed by atoms with E-state index in [9.17, 15) is 14.0 Å². The van der Waals surface area contributed by atoms with Crippen LogP contribution in [0.25, 0.3) is 0 Å². The fourth-order valence-corrected chi connectivity index (χ4v) is 3.11. The number of rotatable bonds is 9. The fraction of sp³-hybridized carbons (Fsp3) is 0.231. The number of hydrogen-bond acceptors (Lipinski definition) is 4. The molecule has 0 spiro atoms. The van der Waals surface area contributed by atoms with E-state index >= 15 is 0 Å². The minimum atomic E-state index is -0.616. The predicted molar refractivity (Wildman–Crippen MR) is 127 cm³/mol. The molecule has 0 fully saturated rings. The third kappa shape index (κ3) is 6.10. The Hall–Kier alpha value is -3.87. The van der Waals surface area contributed by atoms with Gasteiger partial charge in [0, 0.05) is 17.3 Å². The Kier molecular flexibility index (Phi) is 8.02. The first-order valence-electron chi connectivity index (χ1n) is 10.7. The van der Waals surface area contributed by atoms with Gasteiger partial charge in [0.1, 0.15) is 17.3 Å². The summed E-state index contributed by atoms with van der Waals surface area (Å²) in [5.41, 5.74) is 1.89. The van der Waals surface area contributed by atoms with Crippen LogP contribution in [0.3, 0.4) is 0 Å². The van der Waals surface area contributed by atoms with Gasteiger partial charge < -0.3 is 20.1 Å². The van der Waals surface area contributed by atoms with E-state index in [-0.39, 0.29) is 11.5 Å². The second-order valence-electron chi connectivity index (χ2n) is 7.48. The number of halogens is 1. The lowest BCUT2D eigenvalue weighted by molar-refractivity contribution is 0.101. The second-order valence-corrected chi connectivity index (χ2v) is 7.48. The zero-order chi connectivity index (χ0) is 23.8. The van der Waals surface area contributed by atoms with Crippen molar-refractivity contribution in [3.05, 3.63) is 83.2 Å². The monoisotopic (exact) mass is 450 g/mol. The first-order chi connectivity index (χ1) is 15.9. The number of anilines is 2. The molecule has 3 aromatic rings. The zero-order valence-electron chi connectivity index (χ0n) is 18.9. The molecule has 3 aromatic carbocycles. The number of hydrogen-bond donors (Lipinski definition) is 2. The molecule has 0 aromatic heterocycles. The summed E-state index contributed by atoms with van der Waals surface area (Å²) in [4.78, 5) is 25.5. The molecule has 0 heterocycles. The van der Waals surface area contributed by atoms with Gasteiger partial charge in [0.2, 0.25) is 0 Å². The minimum Gasteiger partial charge on any atom is -0.497 e. The Morgan fingerprint density at radius 1 is 0.939 bits per heavy atom. The van der Waals surface area contributed by atoms with E-state index in [1.807, 2.05) is 0 Å². The molecular formula is C26H27FN2O4. The molecule has 0 aliphatic rings. The molecule has 2 N–H and O–H groups in total. The largest absolute Gasteiger partial charge is 0.497 e. The van der Waals surface area contributed by atoms with Crippen LogP contribution >= 0.6 is 0 Å². The lowest BCUT2D eigenvalue weighted by atomic mass is 10.1. The van der Waals surface area contributed by atoms with Crippen molar-refractivity contribution in [1.82, 2.24) is 0 Å². The number of benzene rings is 3. The van der Waals surface area contributed by atoms with Gasteiger partial charge in [-0.1, -0.05) is 31.5 Å². The average Bonchev–Trinajstić information content (AvgIpc) is 2.81. The lowest BCUT2D eigenvalue weighted by Gasteiger charge is -2.15. The molecule has 0 bridgehead atoms. The van der Waals surface area contributed by atoms with E-state index in [4.69, 9.17) is 9.47 Å². The minimum absolute atomic E-state index is 0.0722. The van der Waals surface area contributed by atoms with Crippen molar-refractivity contribution >= 4 is 23.2 Å². The highest BCUT2D eigenvalue weighted by Gasteiger charge is 2.16. The Balaban J connectivity index is 1.81. The van der Waals surface area contributed by atoms with Gasteiger partial charge in [-0.15, -0.1) is 0 Å². The molecule has 172 valence electrons. The van der Waals surface area contributed by atoms with Crippen LogP contribution in [0.15, 0.2) is 60.7 Å². The number of carbonyl (C=O) groups excluding carboxylic acids is 2. The predicted octanol–water partition coefficient (Wildman–Crippen LogP) is 5.83. The van der Waals surface area contributed by atoms with Crippen LogP contribution in [0.2, 0.25) is 0 Å². The highest BCUT2D eigenvalue weighted by molar-refractivity contribution is 6.08. The van der Waals surface area contributed by atoms with Crippen LogP contribution < -0.4 is 20.1 Å². The third-order valence-corrected chi connectivity index (χ3v) is 5.06. The molecule has 0 saturated heterocycles. The number of methoxy groups -OCH3 is 1. The number of ether oxygens (including phenoxy) is 2. The van der Waals surface area contributed by atoms with Gasteiger partial charge in [0.05, 0.1) is 25.0 Å². The maximum Gasteiger partial charge on any atom is 0.258 e. The molecule has 0 aliphatic heterocycles. The van der Waals surface area contributed by atoms with E-state index in [0.29, 0.717) is 35.0 Å². The van der Waals surface area contributed by atoms with Crippen molar-refractivity contribution in [2.75, 3.05) is 24.4 Å². The number of amides is 2.